The minimum atomic E-state index is -4.38. The van der Waals surface area contributed by atoms with Crippen molar-refractivity contribution in [2.75, 3.05) is 0 Å². The molecule has 0 fully saturated rings. The quantitative estimate of drug-likeness (QED) is 0.301. The molecule has 0 saturated heterocycles. The zero-order valence-corrected chi connectivity index (χ0v) is 18.0. The van der Waals surface area contributed by atoms with Crippen molar-refractivity contribution in [2.45, 2.75) is 95.8 Å². The fraction of sp³-hybridized carbons (Fsp3) is 1.00. The first kappa shape index (κ1) is 24.8. The predicted octanol–water partition coefficient (Wildman–Crippen LogP) is 0.596. The van der Waals surface area contributed by atoms with Gasteiger partial charge in [0.15, 0.2) is 0 Å². The van der Waals surface area contributed by atoms with Gasteiger partial charge < -0.3 is 9.66 Å². The molecule has 1 N–H and O–H groups in total. The summed E-state index contributed by atoms with van der Waals surface area (Å²) in [5.74, 6) is 0. The molecule has 122 valence electrons. The third-order valence-electron chi connectivity index (χ3n) is 3.73. The first-order valence-corrected chi connectivity index (χ1v) is 9.53. The summed E-state index contributed by atoms with van der Waals surface area (Å²) < 4.78 is 33.2. The van der Waals surface area contributed by atoms with Crippen LogP contribution in [-0.4, -0.2) is 29.4 Å². The topological polar surface area (TPSA) is 77.4 Å². The normalized spacial score (nSPS) is 14.5. The van der Waals surface area contributed by atoms with Crippen molar-refractivity contribution in [3.05, 3.63) is 0 Å². The van der Waals surface area contributed by atoms with Gasteiger partial charge in [-0.05, 0) is 12.8 Å². The van der Waals surface area contributed by atoms with Crippen LogP contribution in [0, 0.1) is 0 Å². The average Bonchev–Trinajstić information content (AvgIpc) is 2.37. The Morgan fingerprint density at radius 2 is 1.33 bits per heavy atom. The first-order chi connectivity index (χ1) is 9.43. The summed E-state index contributed by atoms with van der Waals surface area (Å²) in [4.78, 5) is 0. The maximum absolute atomic E-state index is 11.1. The van der Waals surface area contributed by atoms with Crippen molar-refractivity contribution in [3.8, 4) is 0 Å². The van der Waals surface area contributed by atoms with Crippen molar-refractivity contribution in [1.29, 1.82) is 0 Å². The van der Waals surface area contributed by atoms with E-state index in [2.05, 4.69) is 6.92 Å². The molecule has 0 aromatic carbocycles. The van der Waals surface area contributed by atoms with E-state index < -0.39 is 21.5 Å². The van der Waals surface area contributed by atoms with E-state index in [0.29, 0.717) is 12.8 Å². The summed E-state index contributed by atoms with van der Waals surface area (Å²) in [6.45, 7) is 4.01. The fourth-order valence-corrected chi connectivity index (χ4v) is 3.53. The van der Waals surface area contributed by atoms with Crippen LogP contribution in [0.25, 0.3) is 0 Å². The Kier molecular flexibility index (Phi) is 17.8. The zero-order chi connectivity index (χ0) is 15.4. The molecule has 0 heterocycles. The van der Waals surface area contributed by atoms with Gasteiger partial charge in [0, 0.05) is 0 Å². The third kappa shape index (κ3) is 13.6. The van der Waals surface area contributed by atoms with E-state index in [-0.39, 0.29) is 57.8 Å². The molecule has 0 aromatic heterocycles. The number of hydrogen-bond acceptors (Lipinski definition) is 4. The van der Waals surface area contributed by atoms with Gasteiger partial charge in [-0.25, -0.2) is 8.42 Å². The summed E-state index contributed by atoms with van der Waals surface area (Å²) in [6.07, 6.45) is 9.46. The van der Waals surface area contributed by atoms with E-state index in [1.165, 1.54) is 32.1 Å². The Morgan fingerprint density at radius 1 is 0.857 bits per heavy atom. The second-order valence-corrected chi connectivity index (χ2v) is 7.24. The molecular weight excluding hydrogens is 315 g/mol. The van der Waals surface area contributed by atoms with Crippen molar-refractivity contribution < 1.29 is 69.5 Å². The Morgan fingerprint density at radius 3 is 1.76 bits per heavy atom. The molecule has 0 spiro atoms. The zero-order valence-electron chi connectivity index (χ0n) is 14.0. The van der Waals surface area contributed by atoms with E-state index in [4.69, 9.17) is 0 Å². The predicted molar refractivity (Wildman–Crippen MR) is 81.6 cm³/mol. The number of aliphatic hydroxyl groups excluding tert-OH is 1. The molecule has 2 atom stereocenters. The minimum Gasteiger partial charge on any atom is -0.748 e. The molecule has 0 aromatic rings. The molecular formula is C15H31KO4S. The largest absolute Gasteiger partial charge is 1.00 e. The van der Waals surface area contributed by atoms with Gasteiger partial charge in [-0.3, -0.25) is 0 Å². The first-order valence-electron chi connectivity index (χ1n) is 8.06. The van der Waals surface area contributed by atoms with Gasteiger partial charge in [-0.1, -0.05) is 71.6 Å². The second kappa shape index (κ2) is 15.1. The Bertz CT molecular complexity index is 320. The van der Waals surface area contributed by atoms with E-state index in [1.54, 1.807) is 0 Å². The molecule has 21 heavy (non-hydrogen) atoms. The molecule has 6 heteroatoms. The summed E-state index contributed by atoms with van der Waals surface area (Å²) >= 11 is 0. The molecule has 0 aliphatic rings. The maximum atomic E-state index is 11.1. The Labute approximate surface area is 173 Å². The van der Waals surface area contributed by atoms with Gasteiger partial charge in [0.2, 0.25) is 0 Å². The van der Waals surface area contributed by atoms with E-state index in [1.807, 2.05) is 6.92 Å². The minimum absolute atomic E-state index is 0. The summed E-state index contributed by atoms with van der Waals surface area (Å²) in [6, 6.07) is 0. The molecule has 0 bridgehead atoms. The number of aliphatic hydroxyl groups is 1. The van der Waals surface area contributed by atoms with Crippen molar-refractivity contribution >= 4 is 10.1 Å². The molecule has 2 unspecified atom stereocenters. The van der Waals surface area contributed by atoms with Crippen LogP contribution in [0.5, 0.6) is 0 Å². The van der Waals surface area contributed by atoms with Gasteiger partial charge >= 0.3 is 51.4 Å². The molecule has 0 aliphatic heterocycles. The summed E-state index contributed by atoms with van der Waals surface area (Å²) in [7, 11) is -4.38. The van der Waals surface area contributed by atoms with Gasteiger partial charge in [0.1, 0.15) is 10.1 Å². The third-order valence-corrected chi connectivity index (χ3v) is 5.02. The standard InChI is InChI=1S/C15H32O4S.K/c1-3-5-6-7-8-9-10-11-13-14(16)15(12-4-2)20(17,18)19;/h14-16H,3-13H2,1-2H3,(H,17,18,19);/q;+1/p-1. The molecule has 0 aliphatic carbocycles. The van der Waals surface area contributed by atoms with Gasteiger partial charge in [-0.2, -0.15) is 0 Å². The summed E-state index contributed by atoms with van der Waals surface area (Å²) in [5.41, 5.74) is 0. The van der Waals surface area contributed by atoms with E-state index >= 15 is 0 Å². The fourth-order valence-electron chi connectivity index (χ4n) is 2.49. The SMILES string of the molecule is CCCCCCCCCCC(O)C(CCC)S(=O)(=O)[O-].[K+]. The average molecular weight is 347 g/mol. The van der Waals surface area contributed by atoms with Gasteiger partial charge in [-0.15, -0.1) is 0 Å². The Hall–Kier alpha value is 1.51. The monoisotopic (exact) mass is 346 g/mol. The van der Waals surface area contributed by atoms with E-state index in [0.717, 1.165) is 19.3 Å². The van der Waals surface area contributed by atoms with Crippen molar-refractivity contribution in [2.24, 2.45) is 0 Å². The van der Waals surface area contributed by atoms with Gasteiger partial charge in [0.05, 0.1) is 11.4 Å². The van der Waals surface area contributed by atoms with Crippen LogP contribution in [-0.2, 0) is 10.1 Å². The smallest absolute Gasteiger partial charge is 0.748 e. The van der Waals surface area contributed by atoms with Crippen molar-refractivity contribution in [3.63, 3.8) is 0 Å². The van der Waals surface area contributed by atoms with Crippen LogP contribution in [0.3, 0.4) is 0 Å². The maximum Gasteiger partial charge on any atom is 1.00 e. The second-order valence-electron chi connectivity index (χ2n) is 5.65. The van der Waals surface area contributed by atoms with Crippen LogP contribution in [0.2, 0.25) is 0 Å². The number of rotatable bonds is 13. The van der Waals surface area contributed by atoms with Crippen LogP contribution < -0.4 is 51.4 Å². The molecule has 0 amide bonds. The van der Waals surface area contributed by atoms with Crippen molar-refractivity contribution in [1.82, 2.24) is 0 Å². The number of unbranched alkanes of at least 4 members (excludes halogenated alkanes) is 7. The molecule has 0 rings (SSSR count). The van der Waals surface area contributed by atoms with E-state index in [9.17, 15) is 18.1 Å². The van der Waals surface area contributed by atoms with Crippen LogP contribution >= 0.6 is 0 Å². The summed E-state index contributed by atoms with van der Waals surface area (Å²) in [5, 5.41) is 8.74. The molecule has 0 saturated carbocycles. The van der Waals surface area contributed by atoms with Crippen LogP contribution in [0.1, 0.15) is 84.5 Å². The number of hydrogen-bond donors (Lipinski definition) is 1. The van der Waals surface area contributed by atoms with Gasteiger partial charge in [0.25, 0.3) is 0 Å². The van der Waals surface area contributed by atoms with Crippen LogP contribution in [0.4, 0.5) is 0 Å². The Balaban J connectivity index is 0. The van der Waals surface area contributed by atoms with Crippen LogP contribution in [0.15, 0.2) is 0 Å². The molecule has 0 radical (unpaired) electrons. The molecule has 4 nitrogen and oxygen atoms in total.